The molecule has 0 spiro atoms. The fourth-order valence-electron chi connectivity index (χ4n) is 4.44. The van der Waals surface area contributed by atoms with Crippen molar-refractivity contribution in [2.75, 3.05) is 65.4 Å². The van der Waals surface area contributed by atoms with E-state index in [-0.39, 0.29) is 5.91 Å². The van der Waals surface area contributed by atoms with Gasteiger partial charge in [-0.2, -0.15) is 0 Å². The van der Waals surface area contributed by atoms with Crippen LogP contribution in [-0.2, 0) is 11.3 Å². The number of aliphatic hydroxyl groups is 1. The van der Waals surface area contributed by atoms with Crippen molar-refractivity contribution in [2.24, 2.45) is 0 Å². The van der Waals surface area contributed by atoms with Gasteiger partial charge in [0.05, 0.1) is 12.6 Å². The Hall–Kier alpha value is -2.25. The van der Waals surface area contributed by atoms with Gasteiger partial charge in [-0.25, -0.2) is 0 Å². The number of rotatable bonds is 7. The number of amides is 1. The molecule has 1 unspecified atom stereocenters. The summed E-state index contributed by atoms with van der Waals surface area (Å²) in [5.41, 5.74) is 2.30. The zero-order chi connectivity index (χ0) is 21.5. The number of aliphatic hydroxyl groups excluding tert-OH is 1. The van der Waals surface area contributed by atoms with Crippen molar-refractivity contribution in [1.29, 1.82) is 0 Å². The average molecular weight is 423 g/mol. The van der Waals surface area contributed by atoms with Crippen molar-refractivity contribution in [3.63, 3.8) is 0 Å². The summed E-state index contributed by atoms with van der Waals surface area (Å²) >= 11 is 0. The Labute approximate surface area is 185 Å². The first kappa shape index (κ1) is 22.0. The lowest BCUT2D eigenvalue weighted by molar-refractivity contribution is -0.134. The van der Waals surface area contributed by atoms with Crippen molar-refractivity contribution in [3.05, 3.63) is 71.8 Å². The third-order valence-electron chi connectivity index (χ3n) is 6.41. The van der Waals surface area contributed by atoms with Crippen molar-refractivity contribution in [3.8, 4) is 0 Å². The Morgan fingerprint density at radius 1 is 0.742 bits per heavy atom. The number of hydrogen-bond acceptors (Lipinski definition) is 5. The van der Waals surface area contributed by atoms with E-state index >= 15 is 0 Å². The third-order valence-corrected chi connectivity index (χ3v) is 6.41. The average Bonchev–Trinajstić information content (AvgIpc) is 2.82. The number of carbonyl (C=O) groups is 1. The lowest BCUT2D eigenvalue weighted by Gasteiger charge is -2.38. The molecule has 166 valence electrons. The SMILES string of the molecule is O=C(CN1CCN(CC(O)c2ccccc2)CC1)N1CCN(Cc2ccccc2)CC1. The highest BCUT2D eigenvalue weighted by atomic mass is 16.3. The monoisotopic (exact) mass is 422 g/mol. The van der Waals surface area contributed by atoms with Gasteiger partial charge in [0, 0.05) is 65.4 Å². The zero-order valence-corrected chi connectivity index (χ0v) is 18.3. The van der Waals surface area contributed by atoms with Gasteiger partial charge < -0.3 is 10.0 Å². The standard InChI is InChI=1S/C25H34N4O2/c30-24(23-9-5-2-6-10-23)20-27-11-13-28(14-12-27)21-25(31)29-17-15-26(16-18-29)19-22-7-3-1-4-8-22/h1-10,24,30H,11-21H2. The summed E-state index contributed by atoms with van der Waals surface area (Å²) in [5, 5.41) is 10.4. The molecular formula is C25H34N4O2. The molecule has 6 heteroatoms. The Kier molecular flexibility index (Phi) is 7.70. The maximum Gasteiger partial charge on any atom is 0.236 e. The minimum atomic E-state index is -0.457. The molecule has 2 heterocycles. The van der Waals surface area contributed by atoms with E-state index in [4.69, 9.17) is 0 Å². The number of nitrogens with zero attached hydrogens (tertiary/aromatic N) is 4. The Bertz CT molecular complexity index is 801. The summed E-state index contributed by atoms with van der Waals surface area (Å²) < 4.78 is 0. The number of β-amino-alcohol motifs (C(OH)–C–C–N with tert-alkyl or cyclic N) is 1. The molecule has 0 aromatic heterocycles. The molecule has 0 bridgehead atoms. The van der Waals surface area contributed by atoms with Crippen molar-refractivity contribution < 1.29 is 9.90 Å². The summed E-state index contributed by atoms with van der Waals surface area (Å²) in [7, 11) is 0. The summed E-state index contributed by atoms with van der Waals surface area (Å²) in [5.74, 6) is 0.247. The second kappa shape index (κ2) is 10.9. The van der Waals surface area contributed by atoms with Crippen LogP contribution in [-0.4, -0.2) is 96.1 Å². The minimum absolute atomic E-state index is 0.247. The van der Waals surface area contributed by atoms with Crippen molar-refractivity contribution in [1.82, 2.24) is 19.6 Å². The van der Waals surface area contributed by atoms with Gasteiger partial charge in [0.1, 0.15) is 0 Å². The van der Waals surface area contributed by atoms with E-state index in [9.17, 15) is 9.90 Å². The molecular weight excluding hydrogens is 388 g/mol. The van der Waals surface area contributed by atoms with Gasteiger partial charge in [-0.05, 0) is 11.1 Å². The van der Waals surface area contributed by atoms with E-state index in [0.29, 0.717) is 13.1 Å². The second-order valence-electron chi connectivity index (χ2n) is 8.65. The van der Waals surface area contributed by atoms with E-state index in [2.05, 4.69) is 39.0 Å². The van der Waals surface area contributed by atoms with Gasteiger partial charge in [0.25, 0.3) is 0 Å². The smallest absolute Gasteiger partial charge is 0.236 e. The van der Waals surface area contributed by atoms with Crippen LogP contribution >= 0.6 is 0 Å². The highest BCUT2D eigenvalue weighted by Gasteiger charge is 2.25. The first-order valence-corrected chi connectivity index (χ1v) is 11.4. The molecule has 1 amide bonds. The summed E-state index contributed by atoms with van der Waals surface area (Å²) in [6.07, 6.45) is -0.457. The maximum atomic E-state index is 12.8. The molecule has 2 aliphatic rings. The highest BCUT2D eigenvalue weighted by molar-refractivity contribution is 5.78. The van der Waals surface area contributed by atoms with Crippen LogP contribution in [0.5, 0.6) is 0 Å². The van der Waals surface area contributed by atoms with E-state index < -0.39 is 6.10 Å². The molecule has 2 aromatic rings. The number of hydrogen-bond donors (Lipinski definition) is 1. The van der Waals surface area contributed by atoms with E-state index in [1.165, 1.54) is 5.56 Å². The zero-order valence-electron chi connectivity index (χ0n) is 18.3. The van der Waals surface area contributed by atoms with Crippen LogP contribution in [0, 0.1) is 0 Å². The predicted molar refractivity (Wildman–Crippen MR) is 123 cm³/mol. The molecule has 2 saturated heterocycles. The fourth-order valence-corrected chi connectivity index (χ4v) is 4.44. The van der Waals surface area contributed by atoms with Crippen LogP contribution in [0.25, 0.3) is 0 Å². The number of benzene rings is 2. The fraction of sp³-hybridized carbons (Fsp3) is 0.480. The molecule has 0 aliphatic carbocycles. The van der Waals surface area contributed by atoms with Crippen LogP contribution in [0.4, 0.5) is 0 Å². The van der Waals surface area contributed by atoms with Gasteiger partial charge in [-0.15, -0.1) is 0 Å². The second-order valence-corrected chi connectivity index (χ2v) is 8.65. The molecule has 1 N–H and O–H groups in total. The van der Waals surface area contributed by atoms with Crippen LogP contribution in [0.15, 0.2) is 60.7 Å². The molecule has 6 nitrogen and oxygen atoms in total. The predicted octanol–water partition coefficient (Wildman–Crippen LogP) is 1.68. The summed E-state index contributed by atoms with van der Waals surface area (Å²) in [4.78, 5) is 21.8. The lowest BCUT2D eigenvalue weighted by Crippen LogP contribution is -2.53. The first-order chi connectivity index (χ1) is 15.2. The van der Waals surface area contributed by atoms with Gasteiger partial charge in [-0.1, -0.05) is 60.7 Å². The topological polar surface area (TPSA) is 50.3 Å². The van der Waals surface area contributed by atoms with Crippen molar-refractivity contribution in [2.45, 2.75) is 12.6 Å². The molecule has 4 rings (SSSR count). The van der Waals surface area contributed by atoms with Gasteiger partial charge in [-0.3, -0.25) is 19.5 Å². The third kappa shape index (κ3) is 6.37. The van der Waals surface area contributed by atoms with Gasteiger partial charge >= 0.3 is 0 Å². The van der Waals surface area contributed by atoms with E-state index in [1.54, 1.807) is 0 Å². The molecule has 2 fully saturated rings. The van der Waals surface area contributed by atoms with Crippen LogP contribution < -0.4 is 0 Å². The molecule has 31 heavy (non-hydrogen) atoms. The van der Waals surface area contributed by atoms with Crippen LogP contribution in [0.1, 0.15) is 17.2 Å². The molecule has 0 saturated carbocycles. The lowest BCUT2D eigenvalue weighted by atomic mass is 10.1. The molecule has 2 aromatic carbocycles. The highest BCUT2D eigenvalue weighted by Crippen LogP contribution is 2.15. The first-order valence-electron chi connectivity index (χ1n) is 11.4. The number of carbonyl (C=O) groups excluding carboxylic acids is 1. The maximum absolute atomic E-state index is 12.8. The van der Waals surface area contributed by atoms with Gasteiger partial charge in [0.15, 0.2) is 0 Å². The Morgan fingerprint density at radius 3 is 1.94 bits per heavy atom. The number of piperazine rings is 2. The quantitative estimate of drug-likeness (QED) is 0.736. The molecule has 1 atom stereocenters. The van der Waals surface area contributed by atoms with Crippen LogP contribution in [0.3, 0.4) is 0 Å². The Morgan fingerprint density at radius 2 is 1.29 bits per heavy atom. The van der Waals surface area contributed by atoms with E-state index in [0.717, 1.165) is 64.5 Å². The Balaban J connectivity index is 1.15. The van der Waals surface area contributed by atoms with Crippen molar-refractivity contribution >= 4 is 5.91 Å². The minimum Gasteiger partial charge on any atom is -0.387 e. The van der Waals surface area contributed by atoms with E-state index in [1.807, 2.05) is 41.3 Å². The molecule has 0 radical (unpaired) electrons. The van der Waals surface area contributed by atoms with Gasteiger partial charge in [0.2, 0.25) is 5.91 Å². The summed E-state index contributed by atoms with van der Waals surface area (Å²) in [6.45, 7) is 9.15. The molecule has 2 aliphatic heterocycles. The van der Waals surface area contributed by atoms with Crippen LogP contribution in [0.2, 0.25) is 0 Å². The normalized spacial score (nSPS) is 20.0. The summed E-state index contributed by atoms with van der Waals surface area (Å²) in [6, 6.07) is 20.4. The largest absolute Gasteiger partial charge is 0.387 e.